The predicted octanol–water partition coefficient (Wildman–Crippen LogP) is 5.89. The van der Waals surface area contributed by atoms with Crippen LogP contribution >= 0.6 is 22.7 Å². The Morgan fingerprint density at radius 3 is 1.70 bits per heavy atom. The number of fused-ring (bicyclic) bond motifs is 8. The second kappa shape index (κ2) is 16.4. The predicted molar refractivity (Wildman–Crippen MR) is 241 cm³/mol. The highest BCUT2D eigenvalue weighted by Gasteiger charge is 2.46. The van der Waals surface area contributed by atoms with E-state index in [-0.39, 0.29) is 53.1 Å². The van der Waals surface area contributed by atoms with E-state index in [1.807, 2.05) is 41.8 Å². The fraction of sp³-hybridized carbons (Fsp3) is 0.289. The fourth-order valence-corrected chi connectivity index (χ4v) is 10.2. The van der Waals surface area contributed by atoms with Crippen molar-refractivity contribution in [2.45, 2.75) is 62.7 Å². The molecule has 6 heterocycles. The van der Waals surface area contributed by atoms with Gasteiger partial charge in [0.15, 0.2) is 10.3 Å². The summed E-state index contributed by atoms with van der Waals surface area (Å²) in [5, 5.41) is 20.8. The Hall–Kier alpha value is -6.92. The highest BCUT2D eigenvalue weighted by Crippen LogP contribution is 2.45. The van der Waals surface area contributed by atoms with E-state index in [1.165, 1.54) is 39.7 Å². The van der Waals surface area contributed by atoms with Gasteiger partial charge < -0.3 is 30.0 Å². The van der Waals surface area contributed by atoms with Crippen molar-refractivity contribution in [3.8, 4) is 0 Å². The highest BCUT2D eigenvalue weighted by molar-refractivity contribution is 7.14. The smallest absolute Gasteiger partial charge is 0.268 e. The molecule has 16 nitrogen and oxygen atoms in total. The van der Waals surface area contributed by atoms with Gasteiger partial charge in [-0.3, -0.25) is 39.4 Å². The van der Waals surface area contributed by atoms with E-state index in [0.29, 0.717) is 63.8 Å². The topological polar surface area (TPSA) is 201 Å². The van der Waals surface area contributed by atoms with E-state index in [9.17, 15) is 28.8 Å². The Morgan fingerprint density at radius 2 is 1.24 bits per heavy atom. The van der Waals surface area contributed by atoms with Gasteiger partial charge in [-0.15, -0.1) is 22.7 Å². The molecule has 0 bridgehead atoms. The second-order valence-corrected chi connectivity index (χ2v) is 18.0. The maximum atomic E-state index is 12.9. The Morgan fingerprint density at radius 1 is 0.746 bits per heavy atom. The lowest BCUT2D eigenvalue weighted by Crippen LogP contribution is -2.55. The number of benzene rings is 2. The lowest BCUT2D eigenvalue weighted by atomic mass is 9.75. The van der Waals surface area contributed by atoms with Gasteiger partial charge in [-0.05, 0) is 87.1 Å². The maximum absolute atomic E-state index is 12.9. The first-order chi connectivity index (χ1) is 30.4. The SMILES string of the molecule is C=CC(=O)N(C)Cc1csc(NC(=O)c2ccc3cc4n(c3c2)C2(CCC2)CNC4=O)n1.C=CC(=O)NCc1csc(NC(=O)c2ccc3cc4n(c3c2)C2(CCC2)CNC4=O)n1. The monoisotopic (exact) mass is 884 g/mol. The molecule has 0 atom stereocenters. The van der Waals surface area contributed by atoms with Gasteiger partial charge in [0, 0.05) is 52.8 Å². The Kier molecular flexibility index (Phi) is 10.8. The number of carbonyl (C=O) groups is 6. The Bertz CT molecular complexity index is 2900. The average molecular weight is 885 g/mol. The average Bonchev–Trinajstić information content (AvgIpc) is 4.07. The van der Waals surface area contributed by atoms with Crippen molar-refractivity contribution in [2.24, 2.45) is 0 Å². The van der Waals surface area contributed by atoms with E-state index in [0.717, 1.165) is 60.3 Å². The molecular weight excluding hydrogens is 841 g/mol. The minimum Gasteiger partial charge on any atom is -0.348 e. The summed E-state index contributed by atoms with van der Waals surface area (Å²) in [6.45, 7) is 8.75. The number of aromatic nitrogens is 4. The lowest BCUT2D eigenvalue weighted by molar-refractivity contribution is -0.125. The van der Waals surface area contributed by atoms with Gasteiger partial charge in [0.05, 0.1) is 46.6 Å². The third-order valence-electron chi connectivity index (χ3n) is 12.4. The van der Waals surface area contributed by atoms with Crippen molar-refractivity contribution < 1.29 is 28.8 Å². The second-order valence-electron chi connectivity index (χ2n) is 16.3. The molecule has 0 unspecified atom stereocenters. The zero-order chi connectivity index (χ0) is 44.0. The quantitative estimate of drug-likeness (QED) is 0.105. The summed E-state index contributed by atoms with van der Waals surface area (Å²) in [5.41, 5.74) is 5.33. The molecule has 0 saturated heterocycles. The number of amides is 6. The molecule has 6 amide bonds. The highest BCUT2D eigenvalue weighted by atomic mass is 32.1. The normalized spacial score (nSPS) is 16.3. The van der Waals surface area contributed by atoms with Crippen molar-refractivity contribution in [3.05, 3.63) is 119 Å². The fourth-order valence-electron chi connectivity index (χ4n) is 8.79. The van der Waals surface area contributed by atoms with E-state index in [4.69, 9.17) is 0 Å². The molecule has 63 heavy (non-hydrogen) atoms. The van der Waals surface area contributed by atoms with Crippen LogP contribution in [-0.2, 0) is 33.8 Å². The van der Waals surface area contributed by atoms with Crippen LogP contribution in [0, 0.1) is 0 Å². The molecular formula is C45H44N10O6S2. The molecule has 2 spiro atoms. The molecule has 2 aliphatic carbocycles. The summed E-state index contributed by atoms with van der Waals surface area (Å²) < 4.78 is 4.26. The number of nitrogens with one attached hydrogen (secondary N) is 5. The van der Waals surface area contributed by atoms with Crippen LogP contribution in [0.25, 0.3) is 21.8 Å². The molecule has 322 valence electrons. The van der Waals surface area contributed by atoms with Crippen LogP contribution < -0.4 is 26.6 Å². The number of thiazole rings is 2. The van der Waals surface area contributed by atoms with Crippen LogP contribution in [0.5, 0.6) is 0 Å². The summed E-state index contributed by atoms with van der Waals surface area (Å²) in [7, 11) is 1.67. The Balaban J connectivity index is 0.000000160. The number of likely N-dealkylation sites (N-methyl/N-ethyl adjacent to an activating group) is 1. The van der Waals surface area contributed by atoms with Gasteiger partial charge >= 0.3 is 0 Å². The van der Waals surface area contributed by atoms with E-state index >= 15 is 0 Å². The first kappa shape index (κ1) is 41.4. The number of hydrogen-bond donors (Lipinski definition) is 5. The molecule has 2 fully saturated rings. The summed E-state index contributed by atoms with van der Waals surface area (Å²) >= 11 is 2.60. The van der Waals surface area contributed by atoms with Gasteiger partial charge in [0.2, 0.25) is 11.8 Å². The molecule has 0 radical (unpaired) electrons. The first-order valence-corrected chi connectivity index (χ1v) is 22.3. The van der Waals surface area contributed by atoms with Crippen molar-refractivity contribution >= 4 is 90.2 Å². The van der Waals surface area contributed by atoms with Crippen molar-refractivity contribution in [1.82, 2.24) is 40.0 Å². The summed E-state index contributed by atoms with van der Waals surface area (Å²) in [4.78, 5) is 83.8. The molecule has 6 aromatic rings. The number of hydrogen-bond acceptors (Lipinski definition) is 10. The molecule has 2 aliphatic heterocycles. The molecule has 2 aromatic carbocycles. The number of rotatable bonds is 10. The van der Waals surface area contributed by atoms with Crippen LogP contribution in [-0.4, -0.2) is 79.6 Å². The van der Waals surface area contributed by atoms with Crippen LogP contribution in [0.1, 0.15) is 91.6 Å². The van der Waals surface area contributed by atoms with Crippen LogP contribution in [0.3, 0.4) is 0 Å². The summed E-state index contributed by atoms with van der Waals surface area (Å²) in [6.07, 6.45) is 8.79. The van der Waals surface area contributed by atoms with Crippen molar-refractivity contribution in [3.63, 3.8) is 0 Å². The third kappa shape index (κ3) is 7.69. The first-order valence-electron chi connectivity index (χ1n) is 20.6. The van der Waals surface area contributed by atoms with Gasteiger partial charge in [-0.1, -0.05) is 25.3 Å². The molecule has 2 saturated carbocycles. The Labute approximate surface area is 369 Å². The standard InChI is InChI=1S/C23H23N5O3S.C22H21N5O3S/c1-3-19(29)27(2)11-16-12-32-22(25-16)26-20(30)15-6-5-14-9-18-21(31)24-13-23(7-4-8-23)28(18)17(14)10-15;1-2-18(28)23-10-15-11-31-21(25-15)26-19(29)14-5-4-13-8-17-20(30)24-12-22(6-3-7-22)27(17)16(13)9-14/h3,5-6,9-10,12H,1,4,7-8,11,13H2,2H3,(H,24,31)(H,25,26,30);2,4-5,8-9,11H,1,3,6-7,10,12H2,(H,23,28)(H,24,30)(H,25,26,29). The van der Waals surface area contributed by atoms with Gasteiger partial charge in [-0.2, -0.15) is 0 Å². The van der Waals surface area contributed by atoms with E-state index in [2.05, 4.69) is 58.8 Å². The minimum atomic E-state index is -0.277. The van der Waals surface area contributed by atoms with Gasteiger partial charge in [-0.25, -0.2) is 9.97 Å². The minimum absolute atomic E-state index is 0.0695. The van der Waals surface area contributed by atoms with Crippen LogP contribution in [0.4, 0.5) is 10.3 Å². The molecule has 18 heteroatoms. The van der Waals surface area contributed by atoms with Crippen LogP contribution in [0.15, 0.2) is 84.6 Å². The molecule has 4 aromatic heterocycles. The van der Waals surface area contributed by atoms with E-state index in [1.54, 1.807) is 24.6 Å². The van der Waals surface area contributed by atoms with Crippen molar-refractivity contribution in [2.75, 3.05) is 30.8 Å². The van der Waals surface area contributed by atoms with Gasteiger partial charge in [0.25, 0.3) is 23.6 Å². The molecule has 10 rings (SSSR count). The maximum Gasteiger partial charge on any atom is 0.268 e. The number of carbonyl (C=O) groups excluding carboxylic acids is 6. The van der Waals surface area contributed by atoms with Gasteiger partial charge in [0.1, 0.15) is 11.4 Å². The summed E-state index contributed by atoms with van der Waals surface area (Å²) in [6, 6.07) is 14.8. The largest absolute Gasteiger partial charge is 0.348 e. The number of anilines is 2. The third-order valence-corrected chi connectivity index (χ3v) is 14.0. The number of nitrogens with zero attached hydrogens (tertiary/aromatic N) is 5. The lowest BCUT2D eigenvalue weighted by Gasteiger charge is -2.47. The van der Waals surface area contributed by atoms with Crippen LogP contribution in [0.2, 0.25) is 0 Å². The summed E-state index contributed by atoms with van der Waals surface area (Å²) in [5.74, 6) is -1.14. The molecule has 4 aliphatic rings. The zero-order valence-electron chi connectivity index (χ0n) is 34.4. The van der Waals surface area contributed by atoms with Crippen molar-refractivity contribution in [1.29, 1.82) is 0 Å². The molecule has 5 N–H and O–H groups in total. The van der Waals surface area contributed by atoms with E-state index < -0.39 is 0 Å². The zero-order valence-corrected chi connectivity index (χ0v) is 36.0.